The Morgan fingerprint density at radius 3 is 2.76 bits per heavy atom. The zero-order chi connectivity index (χ0) is 12.8. The molecule has 0 fully saturated rings. The van der Waals surface area contributed by atoms with Gasteiger partial charge < -0.3 is 14.6 Å². The maximum absolute atomic E-state index is 11.6. The van der Waals surface area contributed by atoms with Crippen LogP contribution in [0.25, 0.3) is 0 Å². The number of nitrogens with one attached hydrogen (secondary N) is 1. The first-order valence-electron chi connectivity index (χ1n) is 5.17. The van der Waals surface area contributed by atoms with Crippen molar-refractivity contribution in [3.05, 3.63) is 33.1 Å². The van der Waals surface area contributed by atoms with Crippen molar-refractivity contribution in [3.8, 4) is 0 Å². The molecule has 0 aliphatic carbocycles. The van der Waals surface area contributed by atoms with Gasteiger partial charge in [-0.1, -0.05) is 0 Å². The number of aliphatic hydroxyl groups is 1. The molecular formula is C10H16N2O5. The maximum atomic E-state index is 11.6. The van der Waals surface area contributed by atoms with Crippen LogP contribution < -0.4 is 11.2 Å². The number of aromatic nitrogens is 2. The lowest BCUT2D eigenvalue weighted by Gasteiger charge is -2.24. The van der Waals surface area contributed by atoms with Crippen LogP contribution in [0.3, 0.4) is 0 Å². The average Bonchev–Trinajstić information content (AvgIpc) is 2.31. The Bertz CT molecular complexity index is 452. The van der Waals surface area contributed by atoms with Gasteiger partial charge in [0.25, 0.3) is 5.56 Å². The third-order valence-corrected chi connectivity index (χ3v) is 2.28. The number of aliphatic hydroxyl groups excluding tert-OH is 1. The highest BCUT2D eigenvalue weighted by molar-refractivity contribution is 4.85. The van der Waals surface area contributed by atoms with E-state index in [1.54, 1.807) is 6.92 Å². The molecule has 0 aromatic carbocycles. The second kappa shape index (κ2) is 6.33. The Morgan fingerprint density at radius 2 is 2.24 bits per heavy atom. The van der Waals surface area contributed by atoms with Crippen molar-refractivity contribution in [2.75, 3.05) is 20.3 Å². The van der Waals surface area contributed by atoms with Crippen molar-refractivity contribution < 1.29 is 14.6 Å². The number of hydrogen-bond acceptors (Lipinski definition) is 5. The fraction of sp³-hybridized carbons (Fsp3) is 0.600. The summed E-state index contributed by atoms with van der Waals surface area (Å²) in [6.07, 6.45) is 0.236. The summed E-state index contributed by atoms with van der Waals surface area (Å²) in [7, 11) is 1.48. The van der Waals surface area contributed by atoms with Crippen LogP contribution in [0.2, 0.25) is 0 Å². The number of aromatic amines is 1. The summed E-state index contributed by atoms with van der Waals surface area (Å²) in [5.41, 5.74) is -1.05. The minimum absolute atomic E-state index is 0.0733. The van der Waals surface area contributed by atoms with Gasteiger partial charge >= 0.3 is 5.69 Å². The zero-order valence-electron chi connectivity index (χ0n) is 9.75. The second-order valence-electron chi connectivity index (χ2n) is 3.44. The third kappa shape index (κ3) is 3.52. The predicted octanol–water partition coefficient (Wildman–Crippen LogP) is -0.921. The summed E-state index contributed by atoms with van der Waals surface area (Å²) in [5, 5.41) is 8.72. The molecule has 17 heavy (non-hydrogen) atoms. The molecule has 7 nitrogen and oxygen atoms in total. The number of nitrogens with zero attached hydrogens (tertiary/aromatic N) is 1. The van der Waals surface area contributed by atoms with Crippen molar-refractivity contribution in [2.24, 2.45) is 0 Å². The van der Waals surface area contributed by atoms with E-state index in [1.807, 2.05) is 0 Å². The lowest BCUT2D eigenvalue weighted by molar-refractivity contribution is -0.0983. The van der Waals surface area contributed by atoms with E-state index in [0.29, 0.717) is 0 Å². The first-order chi connectivity index (χ1) is 8.10. The van der Waals surface area contributed by atoms with Crippen LogP contribution in [0.4, 0.5) is 0 Å². The van der Waals surface area contributed by atoms with E-state index in [-0.39, 0.29) is 13.2 Å². The number of ether oxygens (including phenoxy) is 2. The first-order valence-corrected chi connectivity index (χ1v) is 5.17. The molecule has 0 bridgehead atoms. The first kappa shape index (κ1) is 13.6. The molecule has 0 spiro atoms. The number of H-pyrrole nitrogens is 1. The SMILES string of the molecule is CO[C@@H](C)[C@@H](OCCO)n1ccc(=O)[nH]c1=O. The van der Waals surface area contributed by atoms with Gasteiger partial charge in [-0.05, 0) is 6.92 Å². The summed E-state index contributed by atoms with van der Waals surface area (Å²) >= 11 is 0. The molecule has 0 radical (unpaired) electrons. The Morgan fingerprint density at radius 1 is 1.53 bits per heavy atom. The van der Waals surface area contributed by atoms with Crippen molar-refractivity contribution >= 4 is 0 Å². The monoisotopic (exact) mass is 244 g/mol. The van der Waals surface area contributed by atoms with Crippen molar-refractivity contribution in [3.63, 3.8) is 0 Å². The molecule has 0 saturated carbocycles. The van der Waals surface area contributed by atoms with Crippen LogP contribution in [-0.2, 0) is 9.47 Å². The molecule has 0 unspecified atom stereocenters. The highest BCUT2D eigenvalue weighted by Gasteiger charge is 2.20. The molecule has 0 aliphatic rings. The molecule has 1 rings (SSSR count). The quantitative estimate of drug-likeness (QED) is 0.675. The highest BCUT2D eigenvalue weighted by Crippen LogP contribution is 2.12. The van der Waals surface area contributed by atoms with E-state index >= 15 is 0 Å². The number of rotatable bonds is 6. The molecule has 0 aliphatic heterocycles. The maximum Gasteiger partial charge on any atom is 0.330 e. The Balaban J connectivity index is 3.03. The van der Waals surface area contributed by atoms with Crippen molar-refractivity contribution in [2.45, 2.75) is 19.3 Å². The molecule has 2 N–H and O–H groups in total. The molecule has 0 amide bonds. The van der Waals surface area contributed by atoms with E-state index in [0.717, 1.165) is 0 Å². The van der Waals surface area contributed by atoms with Gasteiger partial charge in [-0.25, -0.2) is 4.79 Å². The molecule has 1 aromatic heterocycles. The normalized spacial score (nSPS) is 14.5. The third-order valence-electron chi connectivity index (χ3n) is 2.28. The van der Waals surface area contributed by atoms with E-state index < -0.39 is 23.6 Å². The average molecular weight is 244 g/mol. The zero-order valence-corrected chi connectivity index (χ0v) is 9.75. The minimum atomic E-state index is -0.698. The van der Waals surface area contributed by atoms with Crippen molar-refractivity contribution in [1.82, 2.24) is 9.55 Å². The van der Waals surface area contributed by atoms with Crippen LogP contribution in [0, 0.1) is 0 Å². The topological polar surface area (TPSA) is 93.5 Å². The summed E-state index contributed by atoms with van der Waals surface area (Å²) < 4.78 is 11.6. The molecular weight excluding hydrogens is 228 g/mol. The van der Waals surface area contributed by atoms with Gasteiger partial charge in [-0.15, -0.1) is 0 Å². The highest BCUT2D eigenvalue weighted by atomic mass is 16.5. The van der Waals surface area contributed by atoms with Crippen LogP contribution in [0.15, 0.2) is 21.9 Å². The Kier molecular flexibility index (Phi) is 5.08. The van der Waals surface area contributed by atoms with Crippen LogP contribution in [-0.4, -0.2) is 41.1 Å². The van der Waals surface area contributed by atoms with E-state index in [1.165, 1.54) is 23.9 Å². The van der Waals surface area contributed by atoms with Crippen LogP contribution >= 0.6 is 0 Å². The van der Waals surface area contributed by atoms with Gasteiger partial charge in [0.1, 0.15) is 0 Å². The van der Waals surface area contributed by atoms with Gasteiger partial charge in [0.2, 0.25) is 0 Å². The predicted molar refractivity (Wildman–Crippen MR) is 59.9 cm³/mol. The number of hydrogen-bond donors (Lipinski definition) is 2. The smallest absolute Gasteiger partial charge is 0.330 e. The van der Waals surface area contributed by atoms with Gasteiger partial charge in [0.15, 0.2) is 6.23 Å². The molecule has 1 heterocycles. The molecule has 7 heteroatoms. The standard InChI is InChI=1S/C10H16N2O5/c1-7(16-2)9(17-6-5-13)12-4-3-8(14)11-10(12)15/h3-4,7,9,13H,5-6H2,1-2H3,(H,11,14,15)/t7-,9+/m0/s1. The summed E-state index contributed by atoms with van der Waals surface area (Å²) in [6, 6.07) is 1.22. The fourth-order valence-corrected chi connectivity index (χ4v) is 1.36. The molecule has 2 atom stereocenters. The largest absolute Gasteiger partial charge is 0.394 e. The van der Waals surface area contributed by atoms with Gasteiger partial charge in [0.05, 0.1) is 19.3 Å². The van der Waals surface area contributed by atoms with Crippen LogP contribution in [0.1, 0.15) is 13.2 Å². The fourth-order valence-electron chi connectivity index (χ4n) is 1.36. The van der Waals surface area contributed by atoms with Gasteiger partial charge in [0, 0.05) is 19.4 Å². The number of methoxy groups -OCH3 is 1. The Labute approximate surface area is 97.6 Å². The van der Waals surface area contributed by atoms with E-state index in [4.69, 9.17) is 14.6 Å². The van der Waals surface area contributed by atoms with Gasteiger partial charge in [-0.2, -0.15) is 0 Å². The van der Waals surface area contributed by atoms with Crippen molar-refractivity contribution in [1.29, 1.82) is 0 Å². The van der Waals surface area contributed by atoms with Gasteiger partial charge in [-0.3, -0.25) is 14.3 Å². The van der Waals surface area contributed by atoms with E-state index in [2.05, 4.69) is 4.98 Å². The summed E-state index contributed by atoms with van der Waals surface area (Å²) in [5.74, 6) is 0. The second-order valence-corrected chi connectivity index (χ2v) is 3.44. The lowest BCUT2D eigenvalue weighted by Crippen LogP contribution is -2.37. The molecule has 1 aromatic rings. The lowest BCUT2D eigenvalue weighted by atomic mass is 10.3. The summed E-state index contributed by atoms with van der Waals surface area (Å²) in [4.78, 5) is 24.6. The van der Waals surface area contributed by atoms with E-state index in [9.17, 15) is 9.59 Å². The Hall–Kier alpha value is -1.44. The molecule has 96 valence electrons. The molecule has 0 saturated heterocycles. The van der Waals surface area contributed by atoms with Crippen LogP contribution in [0.5, 0.6) is 0 Å². The summed E-state index contributed by atoms with van der Waals surface area (Å²) in [6.45, 7) is 1.63. The minimum Gasteiger partial charge on any atom is -0.394 e.